The Hall–Kier alpha value is -1.51. The third-order valence-electron chi connectivity index (χ3n) is 4.58. The van der Waals surface area contributed by atoms with Crippen LogP contribution in [0.2, 0.25) is 0 Å². The number of carbonyl (C=O) groups excluding carboxylic acids is 3. The maximum absolute atomic E-state index is 12.5. The lowest BCUT2D eigenvalue weighted by molar-refractivity contribution is -0.134. The van der Waals surface area contributed by atoms with Crippen LogP contribution in [0.25, 0.3) is 0 Å². The van der Waals surface area contributed by atoms with Gasteiger partial charge in [-0.25, -0.2) is 0 Å². The number of rotatable bonds is 10. The number of nitrogens with zero attached hydrogens (tertiary/aromatic N) is 1. The number of piperidine rings is 1. The molecule has 150 valence electrons. The lowest BCUT2D eigenvalue weighted by Gasteiger charge is -2.28. The minimum absolute atomic E-state index is 0.118. The average Bonchev–Trinajstić information content (AvgIpc) is 2.59. The van der Waals surface area contributed by atoms with Crippen LogP contribution in [0.5, 0.6) is 0 Å². The fourth-order valence-electron chi connectivity index (χ4n) is 3.06. The summed E-state index contributed by atoms with van der Waals surface area (Å²) in [5.74, 6) is -1.24. The van der Waals surface area contributed by atoms with Gasteiger partial charge < -0.3 is 21.5 Å². The maximum atomic E-state index is 12.5. The van der Waals surface area contributed by atoms with Crippen LogP contribution in [-0.2, 0) is 14.4 Å². The molecule has 0 saturated carbocycles. The Kier molecular flexibility index (Phi) is 9.75. The molecule has 1 unspecified atom stereocenters. The van der Waals surface area contributed by atoms with E-state index in [1.807, 2.05) is 4.90 Å². The van der Waals surface area contributed by atoms with Crippen LogP contribution in [0.15, 0.2) is 0 Å². The Balaban J connectivity index is 2.66. The molecule has 0 bridgehead atoms. The van der Waals surface area contributed by atoms with Crippen molar-refractivity contribution in [3.8, 4) is 0 Å². The molecule has 1 heterocycles. The molecular formula is C18H34N4O4. The van der Waals surface area contributed by atoms with Gasteiger partial charge in [0.15, 0.2) is 5.78 Å². The highest BCUT2D eigenvalue weighted by atomic mass is 16.3. The predicted octanol–water partition coefficient (Wildman–Crippen LogP) is -0.603. The van der Waals surface area contributed by atoms with Gasteiger partial charge in [0.25, 0.3) is 0 Å². The number of carbonyl (C=O) groups is 3. The maximum Gasteiger partial charge on any atom is 0.245 e. The van der Waals surface area contributed by atoms with E-state index in [-0.39, 0.29) is 30.7 Å². The second-order valence-electron chi connectivity index (χ2n) is 7.32. The topological polar surface area (TPSA) is 125 Å². The number of amides is 2. The van der Waals surface area contributed by atoms with Crippen molar-refractivity contribution in [2.24, 2.45) is 11.7 Å². The molecule has 1 saturated heterocycles. The van der Waals surface area contributed by atoms with Gasteiger partial charge in [-0.3, -0.25) is 19.3 Å². The van der Waals surface area contributed by atoms with Crippen molar-refractivity contribution < 1.29 is 19.5 Å². The Labute approximate surface area is 155 Å². The normalized spacial score (nSPS) is 18.8. The molecule has 0 aromatic carbocycles. The number of likely N-dealkylation sites (tertiary alicyclic amines) is 1. The molecule has 0 aromatic rings. The number of hydrogen-bond acceptors (Lipinski definition) is 6. The summed E-state index contributed by atoms with van der Waals surface area (Å²) in [5.41, 5.74) is 5.54. The molecule has 0 spiro atoms. The number of nitrogens with one attached hydrogen (secondary N) is 2. The Morgan fingerprint density at radius 3 is 2.19 bits per heavy atom. The molecule has 5 N–H and O–H groups in total. The van der Waals surface area contributed by atoms with Crippen LogP contribution in [0.1, 0.15) is 46.5 Å². The third-order valence-corrected chi connectivity index (χ3v) is 4.58. The van der Waals surface area contributed by atoms with Crippen molar-refractivity contribution in [2.45, 2.75) is 64.6 Å². The second kappa shape index (κ2) is 11.3. The summed E-state index contributed by atoms with van der Waals surface area (Å²) in [6.45, 7) is 7.13. The average molecular weight is 370 g/mol. The minimum atomic E-state index is -1.10. The smallest absolute Gasteiger partial charge is 0.245 e. The molecule has 1 aliphatic heterocycles. The van der Waals surface area contributed by atoms with Crippen LogP contribution in [0.4, 0.5) is 0 Å². The van der Waals surface area contributed by atoms with Gasteiger partial charge in [0, 0.05) is 5.92 Å². The summed E-state index contributed by atoms with van der Waals surface area (Å²) < 4.78 is 0. The minimum Gasteiger partial charge on any atom is -0.391 e. The quantitative estimate of drug-likeness (QED) is 0.407. The molecule has 0 aromatic heterocycles. The number of ketones is 1. The first-order valence-corrected chi connectivity index (χ1v) is 9.50. The fourth-order valence-corrected chi connectivity index (χ4v) is 3.06. The second-order valence-corrected chi connectivity index (χ2v) is 7.32. The number of Topliss-reactive ketones (excluding diaryl/α,β-unsaturated/α-hetero) is 1. The first kappa shape index (κ1) is 22.5. The number of aliphatic hydroxyl groups is 1. The highest BCUT2D eigenvalue weighted by Gasteiger charge is 2.30. The van der Waals surface area contributed by atoms with E-state index in [0.29, 0.717) is 6.42 Å². The van der Waals surface area contributed by atoms with Gasteiger partial charge in [-0.05, 0) is 45.8 Å². The van der Waals surface area contributed by atoms with Gasteiger partial charge in [-0.2, -0.15) is 0 Å². The van der Waals surface area contributed by atoms with Gasteiger partial charge in [-0.1, -0.05) is 20.3 Å². The van der Waals surface area contributed by atoms with E-state index in [9.17, 15) is 19.5 Å². The molecule has 1 aliphatic rings. The largest absolute Gasteiger partial charge is 0.391 e. The van der Waals surface area contributed by atoms with Crippen LogP contribution in [0, 0.1) is 5.92 Å². The van der Waals surface area contributed by atoms with Crippen LogP contribution >= 0.6 is 0 Å². The first-order chi connectivity index (χ1) is 12.3. The standard InChI is InChI=1S/C18H34N4O4/c1-12(2)17(25)14(7-8-19)20-18(26)16(13(3)23)21-15(24)11-22-9-5-4-6-10-22/h12-14,16,23H,4-11,19H2,1-3H3,(H,20,26)(H,21,24)/t13?,14-,16-/m0/s1. The highest BCUT2D eigenvalue weighted by molar-refractivity contribution is 5.94. The molecule has 0 aliphatic carbocycles. The van der Waals surface area contributed by atoms with E-state index < -0.39 is 24.1 Å². The molecule has 26 heavy (non-hydrogen) atoms. The van der Waals surface area contributed by atoms with E-state index in [4.69, 9.17) is 5.73 Å². The predicted molar refractivity (Wildman–Crippen MR) is 99.3 cm³/mol. The zero-order valence-corrected chi connectivity index (χ0v) is 16.2. The number of nitrogens with two attached hydrogens (primary N) is 1. The van der Waals surface area contributed by atoms with E-state index in [1.165, 1.54) is 13.3 Å². The van der Waals surface area contributed by atoms with Crippen molar-refractivity contribution in [1.29, 1.82) is 0 Å². The van der Waals surface area contributed by atoms with E-state index in [0.717, 1.165) is 25.9 Å². The Morgan fingerprint density at radius 2 is 1.69 bits per heavy atom. The summed E-state index contributed by atoms with van der Waals surface area (Å²) in [4.78, 5) is 39.0. The van der Waals surface area contributed by atoms with E-state index in [2.05, 4.69) is 10.6 Å². The van der Waals surface area contributed by atoms with Gasteiger partial charge >= 0.3 is 0 Å². The first-order valence-electron chi connectivity index (χ1n) is 9.50. The number of aliphatic hydroxyl groups excluding tert-OH is 1. The molecule has 1 fully saturated rings. The SMILES string of the molecule is CC(C)C(=O)[C@H](CCN)NC(=O)[C@@H](NC(=O)CN1CCCCC1)C(C)O. The molecule has 8 nitrogen and oxygen atoms in total. The Bertz CT molecular complexity index is 476. The van der Waals surface area contributed by atoms with Crippen molar-refractivity contribution in [3.05, 3.63) is 0 Å². The van der Waals surface area contributed by atoms with Crippen molar-refractivity contribution in [2.75, 3.05) is 26.2 Å². The monoisotopic (exact) mass is 370 g/mol. The molecule has 3 atom stereocenters. The molecular weight excluding hydrogens is 336 g/mol. The van der Waals surface area contributed by atoms with E-state index >= 15 is 0 Å². The molecule has 8 heteroatoms. The Morgan fingerprint density at radius 1 is 1.08 bits per heavy atom. The zero-order valence-electron chi connectivity index (χ0n) is 16.2. The van der Waals surface area contributed by atoms with Crippen LogP contribution < -0.4 is 16.4 Å². The molecule has 0 radical (unpaired) electrons. The highest BCUT2D eigenvalue weighted by Crippen LogP contribution is 2.08. The molecule has 1 rings (SSSR count). The fraction of sp³-hybridized carbons (Fsp3) is 0.833. The van der Waals surface area contributed by atoms with Crippen molar-refractivity contribution in [3.63, 3.8) is 0 Å². The van der Waals surface area contributed by atoms with Crippen LogP contribution in [0.3, 0.4) is 0 Å². The molecule has 2 amide bonds. The zero-order chi connectivity index (χ0) is 19.7. The number of hydrogen-bond donors (Lipinski definition) is 4. The van der Waals surface area contributed by atoms with Crippen molar-refractivity contribution in [1.82, 2.24) is 15.5 Å². The summed E-state index contributed by atoms with van der Waals surface area (Å²) in [5, 5.41) is 15.2. The summed E-state index contributed by atoms with van der Waals surface area (Å²) in [6.07, 6.45) is 2.53. The third kappa shape index (κ3) is 7.39. The summed E-state index contributed by atoms with van der Waals surface area (Å²) in [7, 11) is 0. The van der Waals surface area contributed by atoms with Crippen LogP contribution in [-0.4, -0.2) is 72.0 Å². The lowest BCUT2D eigenvalue weighted by atomic mass is 9.98. The van der Waals surface area contributed by atoms with E-state index in [1.54, 1.807) is 13.8 Å². The van der Waals surface area contributed by atoms with Gasteiger partial charge in [0.2, 0.25) is 11.8 Å². The van der Waals surface area contributed by atoms with Gasteiger partial charge in [-0.15, -0.1) is 0 Å². The lowest BCUT2D eigenvalue weighted by Crippen LogP contribution is -2.57. The van der Waals surface area contributed by atoms with Gasteiger partial charge in [0.05, 0.1) is 18.7 Å². The van der Waals surface area contributed by atoms with Gasteiger partial charge in [0.1, 0.15) is 6.04 Å². The summed E-state index contributed by atoms with van der Waals surface area (Å²) in [6, 6.07) is -1.82. The van der Waals surface area contributed by atoms with Crippen molar-refractivity contribution >= 4 is 17.6 Å². The summed E-state index contributed by atoms with van der Waals surface area (Å²) >= 11 is 0.